The van der Waals surface area contributed by atoms with Crippen molar-refractivity contribution in [2.24, 2.45) is 0 Å². The van der Waals surface area contributed by atoms with E-state index in [0.717, 1.165) is 96.3 Å². The van der Waals surface area contributed by atoms with Crippen molar-refractivity contribution in [3.05, 3.63) is 72.9 Å². The monoisotopic (exact) mass is 1050 g/mol. The first kappa shape index (κ1) is 71.8. The summed E-state index contributed by atoms with van der Waals surface area (Å²) >= 11 is 0. The normalized spacial score (nSPS) is 12.5. The summed E-state index contributed by atoms with van der Waals surface area (Å²) in [6.45, 7) is 6.53. The molecule has 0 heterocycles. The smallest absolute Gasteiger partial charge is 0.306 e. The van der Waals surface area contributed by atoms with E-state index in [-0.39, 0.29) is 31.1 Å². The van der Waals surface area contributed by atoms with E-state index in [1.165, 1.54) is 193 Å². The van der Waals surface area contributed by atoms with Crippen molar-refractivity contribution >= 4 is 17.9 Å². The molecule has 434 valence electrons. The summed E-state index contributed by atoms with van der Waals surface area (Å²) in [5, 5.41) is 0. The van der Waals surface area contributed by atoms with Crippen LogP contribution in [0, 0.1) is 0 Å². The largest absolute Gasteiger partial charge is 0.462 e. The second-order valence-electron chi connectivity index (χ2n) is 21.6. The van der Waals surface area contributed by atoms with Gasteiger partial charge >= 0.3 is 17.9 Å². The quantitative estimate of drug-likeness (QED) is 0.0261. The lowest BCUT2D eigenvalue weighted by atomic mass is 10.0. The van der Waals surface area contributed by atoms with Crippen LogP contribution < -0.4 is 0 Å². The van der Waals surface area contributed by atoms with Crippen molar-refractivity contribution in [1.82, 2.24) is 0 Å². The summed E-state index contributed by atoms with van der Waals surface area (Å²) in [6, 6.07) is 0. The molecule has 0 aromatic carbocycles. The van der Waals surface area contributed by atoms with E-state index in [9.17, 15) is 14.4 Å². The Morgan fingerprint density at radius 1 is 0.280 bits per heavy atom. The van der Waals surface area contributed by atoms with Crippen molar-refractivity contribution in [3.8, 4) is 0 Å². The fourth-order valence-electron chi connectivity index (χ4n) is 9.35. The van der Waals surface area contributed by atoms with E-state index in [1.807, 2.05) is 0 Å². The molecule has 0 saturated carbocycles. The fraction of sp³-hybridized carbons (Fsp3) is 0.783. The summed E-state index contributed by atoms with van der Waals surface area (Å²) in [4.78, 5) is 38.2. The predicted octanol–water partition coefficient (Wildman–Crippen LogP) is 22.1. The van der Waals surface area contributed by atoms with E-state index < -0.39 is 6.10 Å². The Morgan fingerprint density at radius 3 is 0.840 bits per heavy atom. The van der Waals surface area contributed by atoms with Crippen LogP contribution in [0.5, 0.6) is 0 Å². The first-order chi connectivity index (χ1) is 37.0. The molecule has 75 heavy (non-hydrogen) atoms. The summed E-state index contributed by atoms with van der Waals surface area (Å²) < 4.78 is 16.9. The zero-order valence-electron chi connectivity index (χ0n) is 49.8. The van der Waals surface area contributed by atoms with E-state index >= 15 is 0 Å². The molecule has 1 unspecified atom stereocenters. The van der Waals surface area contributed by atoms with Crippen molar-refractivity contribution < 1.29 is 28.6 Å². The minimum atomic E-state index is -0.777. The van der Waals surface area contributed by atoms with Crippen LogP contribution in [0.2, 0.25) is 0 Å². The summed E-state index contributed by atoms with van der Waals surface area (Å²) in [6.07, 6.45) is 82.0. The lowest BCUT2D eigenvalue weighted by Crippen LogP contribution is -2.30. The van der Waals surface area contributed by atoms with Crippen LogP contribution in [0.25, 0.3) is 0 Å². The van der Waals surface area contributed by atoms with Crippen LogP contribution in [0.4, 0.5) is 0 Å². The zero-order chi connectivity index (χ0) is 54.3. The van der Waals surface area contributed by atoms with Crippen LogP contribution >= 0.6 is 0 Å². The Bertz CT molecular complexity index is 1390. The second-order valence-corrected chi connectivity index (χ2v) is 21.6. The molecule has 0 saturated heterocycles. The molecule has 0 aliphatic rings. The van der Waals surface area contributed by atoms with Crippen LogP contribution in [-0.2, 0) is 28.6 Å². The highest BCUT2D eigenvalue weighted by Crippen LogP contribution is 2.17. The highest BCUT2D eigenvalue weighted by atomic mass is 16.6. The van der Waals surface area contributed by atoms with E-state index in [0.29, 0.717) is 19.3 Å². The molecule has 0 fully saturated rings. The van der Waals surface area contributed by atoms with Gasteiger partial charge in [-0.1, -0.05) is 293 Å². The predicted molar refractivity (Wildman–Crippen MR) is 325 cm³/mol. The average molecular weight is 1050 g/mol. The number of unbranched alkanes of at least 4 members (excludes halogenated alkanes) is 36. The lowest BCUT2D eigenvalue weighted by molar-refractivity contribution is -0.167. The average Bonchev–Trinajstić information content (AvgIpc) is 3.41. The Labute approximate surface area is 465 Å². The molecule has 0 rings (SSSR count). The Hall–Kier alpha value is -3.15. The fourth-order valence-corrected chi connectivity index (χ4v) is 9.35. The Morgan fingerprint density at radius 2 is 0.520 bits per heavy atom. The van der Waals surface area contributed by atoms with Gasteiger partial charge in [-0.05, 0) is 89.9 Å². The van der Waals surface area contributed by atoms with Gasteiger partial charge in [0.1, 0.15) is 13.2 Å². The van der Waals surface area contributed by atoms with Gasteiger partial charge in [0.05, 0.1) is 0 Å². The zero-order valence-corrected chi connectivity index (χ0v) is 49.8. The highest BCUT2D eigenvalue weighted by molar-refractivity contribution is 5.71. The number of hydrogen-bond donors (Lipinski definition) is 0. The molecule has 6 heteroatoms. The molecular formula is C69H122O6. The van der Waals surface area contributed by atoms with Gasteiger partial charge in [-0.25, -0.2) is 0 Å². The van der Waals surface area contributed by atoms with Gasteiger partial charge in [0.2, 0.25) is 0 Å². The number of ether oxygens (including phenoxy) is 3. The molecule has 0 aliphatic heterocycles. The van der Waals surface area contributed by atoms with Crippen molar-refractivity contribution in [3.63, 3.8) is 0 Å². The third-order valence-corrected chi connectivity index (χ3v) is 14.2. The van der Waals surface area contributed by atoms with Crippen molar-refractivity contribution in [1.29, 1.82) is 0 Å². The van der Waals surface area contributed by atoms with E-state index in [4.69, 9.17) is 14.2 Å². The molecule has 0 aliphatic carbocycles. The minimum absolute atomic E-state index is 0.0740. The topological polar surface area (TPSA) is 78.9 Å². The van der Waals surface area contributed by atoms with Crippen molar-refractivity contribution in [2.75, 3.05) is 13.2 Å². The van der Waals surface area contributed by atoms with Gasteiger partial charge in [-0.2, -0.15) is 0 Å². The van der Waals surface area contributed by atoms with Crippen LogP contribution in [0.1, 0.15) is 329 Å². The Kier molecular flexibility index (Phi) is 60.7. The second kappa shape index (κ2) is 63.4. The van der Waals surface area contributed by atoms with Crippen molar-refractivity contribution in [2.45, 2.75) is 335 Å². The molecule has 1 atom stereocenters. The van der Waals surface area contributed by atoms with Gasteiger partial charge in [0.15, 0.2) is 6.10 Å². The summed E-state index contributed by atoms with van der Waals surface area (Å²) in [5.41, 5.74) is 0. The van der Waals surface area contributed by atoms with Crippen LogP contribution in [0.15, 0.2) is 72.9 Å². The van der Waals surface area contributed by atoms with E-state index in [2.05, 4.69) is 93.7 Å². The first-order valence-corrected chi connectivity index (χ1v) is 32.4. The third-order valence-electron chi connectivity index (χ3n) is 14.2. The van der Waals surface area contributed by atoms with Gasteiger partial charge < -0.3 is 14.2 Å². The molecule has 0 bridgehead atoms. The summed E-state index contributed by atoms with van der Waals surface area (Å²) in [5.74, 6) is -0.866. The number of allylic oxidation sites excluding steroid dienone is 12. The maximum Gasteiger partial charge on any atom is 0.306 e. The molecule has 0 amide bonds. The van der Waals surface area contributed by atoms with Gasteiger partial charge in [-0.15, -0.1) is 0 Å². The lowest BCUT2D eigenvalue weighted by Gasteiger charge is -2.18. The molecule has 0 radical (unpaired) electrons. The molecule has 0 aromatic heterocycles. The number of carbonyl (C=O) groups is 3. The molecule has 0 aromatic rings. The standard InChI is InChI=1S/C69H122O6/c1-4-7-10-13-16-19-22-24-26-28-29-30-31-32-33-34-35-36-37-38-39-41-42-44-47-50-53-56-59-62-68(71)74-65-66(64-73-67(70)61-58-55-52-49-46-21-18-15-12-9-6-3)75-69(72)63-60-57-54-51-48-45-43-40-27-25-23-20-17-14-11-8-5-2/h7,10,16-17,19-20,24-27,29-30,66H,4-6,8-9,11-15,18,21-23,28,31-65H2,1-3H3/b10-7-,19-16-,20-17-,26-24-,27-25-,30-29-. The van der Waals surface area contributed by atoms with Crippen LogP contribution in [-0.4, -0.2) is 37.2 Å². The molecular weight excluding hydrogens is 925 g/mol. The maximum absolute atomic E-state index is 12.9. The molecule has 6 nitrogen and oxygen atoms in total. The number of esters is 3. The van der Waals surface area contributed by atoms with Crippen LogP contribution in [0.3, 0.4) is 0 Å². The summed E-state index contributed by atoms with van der Waals surface area (Å²) in [7, 11) is 0. The number of carbonyl (C=O) groups excluding carboxylic acids is 3. The maximum atomic E-state index is 12.9. The minimum Gasteiger partial charge on any atom is -0.462 e. The van der Waals surface area contributed by atoms with E-state index in [1.54, 1.807) is 0 Å². The molecule has 0 N–H and O–H groups in total. The highest BCUT2D eigenvalue weighted by Gasteiger charge is 2.19. The SMILES string of the molecule is CC/C=C\C/C=C\C/C=C\C/C=C\CCCCCCCCCCCCCCCCCCC(=O)OCC(COC(=O)CCCCCCCCCCCCC)OC(=O)CCCCCCCCC/C=C\C/C=C\CCCCC. The Balaban J connectivity index is 4.18. The number of hydrogen-bond acceptors (Lipinski definition) is 6. The van der Waals surface area contributed by atoms with Gasteiger partial charge in [-0.3, -0.25) is 14.4 Å². The third kappa shape index (κ3) is 61.6. The first-order valence-electron chi connectivity index (χ1n) is 32.4. The van der Waals surface area contributed by atoms with Gasteiger partial charge in [0.25, 0.3) is 0 Å². The van der Waals surface area contributed by atoms with Gasteiger partial charge in [0, 0.05) is 19.3 Å². The number of rotatable bonds is 59. The molecule has 0 spiro atoms.